The number of nitrogens with zero attached hydrogens (tertiary/aromatic N) is 2. The van der Waals surface area contributed by atoms with Gasteiger partial charge in [0, 0.05) is 38.2 Å². The fourth-order valence-electron chi connectivity index (χ4n) is 4.64. The van der Waals surface area contributed by atoms with Crippen molar-refractivity contribution in [1.82, 2.24) is 9.80 Å². The third-order valence-corrected chi connectivity index (χ3v) is 6.56. The lowest BCUT2D eigenvalue weighted by Gasteiger charge is -2.33. The molecule has 0 radical (unpaired) electrons. The van der Waals surface area contributed by atoms with Gasteiger partial charge in [-0.1, -0.05) is 31.0 Å². The topological polar surface area (TPSA) is 49.9 Å². The zero-order valence-corrected chi connectivity index (χ0v) is 18.4. The Hall–Kier alpha value is -2.82. The summed E-state index contributed by atoms with van der Waals surface area (Å²) < 4.78 is 5.27. The van der Waals surface area contributed by atoms with Gasteiger partial charge < -0.3 is 14.5 Å². The minimum atomic E-state index is 0.0236. The maximum absolute atomic E-state index is 12.8. The molecule has 2 saturated heterocycles. The number of likely N-dealkylation sites (tertiary alicyclic amines) is 2. The summed E-state index contributed by atoms with van der Waals surface area (Å²) in [5, 5.41) is 2.22. The Labute approximate surface area is 184 Å². The molecule has 2 aliphatic heterocycles. The van der Waals surface area contributed by atoms with Crippen molar-refractivity contribution >= 4 is 28.7 Å². The number of benzene rings is 2. The monoisotopic (exact) mass is 420 g/mol. The van der Waals surface area contributed by atoms with Gasteiger partial charge in [0.2, 0.25) is 11.8 Å². The first-order chi connectivity index (χ1) is 15.1. The fraction of sp³-hybridized carbons (Fsp3) is 0.462. The number of methoxy groups -OCH3 is 1. The van der Waals surface area contributed by atoms with E-state index in [1.807, 2.05) is 41.3 Å². The minimum absolute atomic E-state index is 0.0236. The zero-order chi connectivity index (χ0) is 21.6. The van der Waals surface area contributed by atoms with E-state index in [-0.39, 0.29) is 11.8 Å². The lowest BCUT2D eigenvalue weighted by molar-refractivity contribution is -0.139. The molecule has 2 heterocycles. The third kappa shape index (κ3) is 5.27. The molecule has 2 aromatic rings. The van der Waals surface area contributed by atoms with Crippen molar-refractivity contribution in [3.05, 3.63) is 48.0 Å². The summed E-state index contributed by atoms with van der Waals surface area (Å²) in [5.41, 5.74) is 0.997. The number of hydrogen-bond donors (Lipinski definition) is 0. The number of carbonyl (C=O) groups is 2. The summed E-state index contributed by atoms with van der Waals surface area (Å²) in [6.45, 7) is 3.12. The number of carbonyl (C=O) groups excluding carboxylic acids is 2. The number of ether oxygens (including phenoxy) is 1. The highest BCUT2D eigenvalue weighted by Gasteiger charge is 2.29. The SMILES string of the molecule is COc1ccc2cc(/C=C/C(=O)N3CCC(C(=O)N4CCCCCC4)CC3)ccc2c1. The van der Waals surface area contributed by atoms with Crippen molar-refractivity contribution in [1.29, 1.82) is 0 Å². The molecule has 0 saturated carbocycles. The van der Waals surface area contributed by atoms with E-state index in [4.69, 9.17) is 4.74 Å². The molecule has 2 aliphatic rings. The van der Waals surface area contributed by atoms with E-state index in [2.05, 4.69) is 11.0 Å². The third-order valence-electron chi connectivity index (χ3n) is 6.56. The first kappa shape index (κ1) is 21.4. The number of fused-ring (bicyclic) bond motifs is 1. The fourth-order valence-corrected chi connectivity index (χ4v) is 4.64. The minimum Gasteiger partial charge on any atom is -0.497 e. The molecule has 0 N–H and O–H groups in total. The Balaban J connectivity index is 1.32. The van der Waals surface area contributed by atoms with Gasteiger partial charge in [-0.2, -0.15) is 0 Å². The largest absolute Gasteiger partial charge is 0.497 e. The van der Waals surface area contributed by atoms with Crippen LogP contribution in [0.1, 0.15) is 44.1 Å². The highest BCUT2D eigenvalue weighted by molar-refractivity contribution is 5.93. The van der Waals surface area contributed by atoms with Gasteiger partial charge >= 0.3 is 0 Å². The van der Waals surface area contributed by atoms with Crippen LogP contribution >= 0.6 is 0 Å². The van der Waals surface area contributed by atoms with Gasteiger partial charge in [0.1, 0.15) is 5.75 Å². The van der Waals surface area contributed by atoms with Crippen LogP contribution in [0.3, 0.4) is 0 Å². The van der Waals surface area contributed by atoms with Crippen molar-refractivity contribution in [2.75, 3.05) is 33.3 Å². The molecule has 2 fully saturated rings. The summed E-state index contributed by atoms with van der Waals surface area (Å²) >= 11 is 0. The molecule has 2 amide bonds. The number of amides is 2. The molecular formula is C26H32N2O3. The molecule has 0 spiro atoms. The van der Waals surface area contributed by atoms with Crippen molar-refractivity contribution < 1.29 is 14.3 Å². The number of rotatable bonds is 4. The lowest BCUT2D eigenvalue weighted by atomic mass is 9.95. The lowest BCUT2D eigenvalue weighted by Crippen LogP contribution is -2.44. The van der Waals surface area contributed by atoms with Gasteiger partial charge in [-0.3, -0.25) is 9.59 Å². The van der Waals surface area contributed by atoms with Crippen LogP contribution in [0.5, 0.6) is 5.75 Å². The Kier molecular flexibility index (Phi) is 6.90. The Morgan fingerprint density at radius 3 is 2.26 bits per heavy atom. The maximum atomic E-state index is 12.8. The highest BCUT2D eigenvalue weighted by atomic mass is 16.5. The van der Waals surface area contributed by atoms with Crippen molar-refractivity contribution in [3.8, 4) is 5.75 Å². The molecule has 31 heavy (non-hydrogen) atoms. The standard InChI is InChI=1S/C26H32N2O3/c1-31-24-10-9-22-18-20(6-8-23(22)19-24)7-11-25(29)27-16-12-21(13-17-27)26(30)28-14-4-2-3-5-15-28/h6-11,18-19,21H,2-5,12-17H2,1H3/b11-7+. The molecule has 0 atom stereocenters. The molecular weight excluding hydrogens is 388 g/mol. The van der Waals surface area contributed by atoms with Gasteiger partial charge in [-0.05, 0) is 66.3 Å². The van der Waals surface area contributed by atoms with Crippen LogP contribution in [0.25, 0.3) is 16.8 Å². The van der Waals surface area contributed by atoms with E-state index in [0.717, 1.165) is 60.9 Å². The van der Waals surface area contributed by atoms with E-state index in [1.54, 1.807) is 13.2 Å². The van der Waals surface area contributed by atoms with Gasteiger partial charge in [0.25, 0.3) is 0 Å². The molecule has 0 unspecified atom stereocenters. The molecule has 2 aromatic carbocycles. The predicted octanol–water partition coefficient (Wildman–Crippen LogP) is 4.50. The summed E-state index contributed by atoms with van der Waals surface area (Å²) in [6.07, 6.45) is 9.77. The maximum Gasteiger partial charge on any atom is 0.246 e. The summed E-state index contributed by atoms with van der Waals surface area (Å²) in [7, 11) is 1.66. The Bertz CT molecular complexity index is 952. The molecule has 4 rings (SSSR count). The number of piperidine rings is 1. The quantitative estimate of drug-likeness (QED) is 0.684. The first-order valence-electron chi connectivity index (χ1n) is 11.5. The Morgan fingerprint density at radius 1 is 0.871 bits per heavy atom. The molecule has 0 aliphatic carbocycles. The van der Waals surface area contributed by atoms with Gasteiger partial charge in [0.05, 0.1) is 7.11 Å². The average molecular weight is 421 g/mol. The van der Waals surface area contributed by atoms with Crippen LogP contribution in [0.2, 0.25) is 0 Å². The van der Waals surface area contributed by atoms with E-state index in [0.29, 0.717) is 19.0 Å². The average Bonchev–Trinajstić information content (AvgIpc) is 3.11. The van der Waals surface area contributed by atoms with Crippen LogP contribution in [0, 0.1) is 5.92 Å². The Morgan fingerprint density at radius 2 is 1.55 bits per heavy atom. The molecule has 5 heteroatoms. The summed E-state index contributed by atoms with van der Waals surface area (Å²) in [5.74, 6) is 1.24. The van der Waals surface area contributed by atoms with Crippen LogP contribution < -0.4 is 4.74 Å². The van der Waals surface area contributed by atoms with Crippen LogP contribution in [-0.4, -0.2) is 54.9 Å². The highest BCUT2D eigenvalue weighted by Crippen LogP contribution is 2.24. The van der Waals surface area contributed by atoms with Crippen LogP contribution in [0.4, 0.5) is 0 Å². The predicted molar refractivity (Wildman–Crippen MR) is 124 cm³/mol. The molecule has 0 bridgehead atoms. The van der Waals surface area contributed by atoms with E-state index < -0.39 is 0 Å². The van der Waals surface area contributed by atoms with Gasteiger partial charge in [0.15, 0.2) is 0 Å². The van der Waals surface area contributed by atoms with E-state index >= 15 is 0 Å². The van der Waals surface area contributed by atoms with Gasteiger partial charge in [-0.25, -0.2) is 0 Å². The van der Waals surface area contributed by atoms with Crippen molar-refractivity contribution in [3.63, 3.8) is 0 Å². The second kappa shape index (κ2) is 9.99. The van der Waals surface area contributed by atoms with Crippen LogP contribution in [-0.2, 0) is 9.59 Å². The van der Waals surface area contributed by atoms with Crippen molar-refractivity contribution in [2.24, 2.45) is 5.92 Å². The molecule has 164 valence electrons. The molecule has 5 nitrogen and oxygen atoms in total. The van der Waals surface area contributed by atoms with Crippen molar-refractivity contribution in [2.45, 2.75) is 38.5 Å². The van der Waals surface area contributed by atoms with E-state index in [9.17, 15) is 9.59 Å². The van der Waals surface area contributed by atoms with Gasteiger partial charge in [-0.15, -0.1) is 0 Å². The summed E-state index contributed by atoms with van der Waals surface area (Å²) in [6, 6.07) is 12.1. The first-order valence-corrected chi connectivity index (χ1v) is 11.5. The zero-order valence-electron chi connectivity index (χ0n) is 18.4. The summed E-state index contributed by atoms with van der Waals surface area (Å²) in [4.78, 5) is 29.4. The second-order valence-electron chi connectivity index (χ2n) is 8.64. The second-order valence-corrected chi connectivity index (χ2v) is 8.64. The molecule has 0 aromatic heterocycles. The number of hydrogen-bond acceptors (Lipinski definition) is 3. The normalized spacial score (nSPS) is 18.4. The van der Waals surface area contributed by atoms with E-state index in [1.165, 1.54) is 12.8 Å². The smallest absolute Gasteiger partial charge is 0.246 e. The van der Waals surface area contributed by atoms with Crippen LogP contribution in [0.15, 0.2) is 42.5 Å².